The highest BCUT2D eigenvalue weighted by Crippen LogP contribution is 2.11. The van der Waals surface area contributed by atoms with Crippen molar-refractivity contribution in [1.29, 1.82) is 0 Å². The highest BCUT2D eigenvalue weighted by atomic mass is 32.2. The van der Waals surface area contributed by atoms with Gasteiger partial charge in [0.05, 0.1) is 16.5 Å². The summed E-state index contributed by atoms with van der Waals surface area (Å²) in [5.74, 6) is -0.414. The Bertz CT molecular complexity index is 426. The Labute approximate surface area is 108 Å². The molecule has 1 unspecified atom stereocenters. The van der Waals surface area contributed by atoms with Crippen molar-refractivity contribution in [3.8, 4) is 0 Å². The quantitative estimate of drug-likeness (QED) is 0.677. The number of nitrogens with zero attached hydrogens (tertiary/aromatic N) is 1. The van der Waals surface area contributed by atoms with Crippen LogP contribution in [0.1, 0.15) is 6.42 Å². The molecule has 0 bridgehead atoms. The number of carbonyl (C=O) groups is 1. The number of aromatic nitrogens is 1. The minimum atomic E-state index is -1.51. The summed E-state index contributed by atoms with van der Waals surface area (Å²) in [7, 11) is 0.0863. The summed E-state index contributed by atoms with van der Waals surface area (Å²) in [4.78, 5) is 15.4. The molecule has 1 atom stereocenters. The van der Waals surface area contributed by atoms with Crippen molar-refractivity contribution in [3.05, 3.63) is 18.3 Å². The number of nitrogens with one attached hydrogen (secondary N) is 1. The second-order valence-corrected chi connectivity index (χ2v) is 4.95. The minimum absolute atomic E-state index is 0.131. The van der Waals surface area contributed by atoms with Crippen LogP contribution in [0.3, 0.4) is 0 Å². The highest BCUT2D eigenvalue weighted by molar-refractivity contribution is 7.85. The van der Waals surface area contributed by atoms with E-state index in [1.165, 1.54) is 6.20 Å². The Morgan fingerprint density at radius 2 is 2.39 bits per heavy atom. The van der Waals surface area contributed by atoms with Crippen molar-refractivity contribution in [2.75, 3.05) is 31.7 Å². The number of pyridine rings is 1. The van der Waals surface area contributed by atoms with E-state index in [-0.39, 0.29) is 16.7 Å². The summed E-state index contributed by atoms with van der Waals surface area (Å²) >= 11 is 0. The smallest absolute Gasteiger partial charge is 0.233 e. The monoisotopic (exact) mass is 271 g/mol. The van der Waals surface area contributed by atoms with Crippen molar-refractivity contribution < 1.29 is 13.7 Å². The zero-order valence-electron chi connectivity index (χ0n) is 10.2. The van der Waals surface area contributed by atoms with Crippen LogP contribution in [0.2, 0.25) is 0 Å². The van der Waals surface area contributed by atoms with E-state index in [9.17, 15) is 9.00 Å². The third kappa shape index (κ3) is 4.80. The van der Waals surface area contributed by atoms with Crippen LogP contribution in [0.25, 0.3) is 0 Å². The van der Waals surface area contributed by atoms with Crippen LogP contribution in [0.15, 0.2) is 23.4 Å². The molecule has 6 nitrogen and oxygen atoms in total. The average molecular weight is 271 g/mol. The molecular formula is C11H17N3O3S. The Hall–Kier alpha value is -1.47. The second kappa shape index (κ2) is 7.78. The maximum Gasteiger partial charge on any atom is 0.233 e. The number of hydrogen-bond donors (Lipinski definition) is 2. The zero-order chi connectivity index (χ0) is 13.4. The molecule has 18 heavy (non-hydrogen) atoms. The molecular weight excluding hydrogens is 254 g/mol. The first kappa shape index (κ1) is 14.6. The number of amides is 1. The first-order valence-electron chi connectivity index (χ1n) is 5.49. The summed E-state index contributed by atoms with van der Waals surface area (Å²) in [6.45, 7) is 1.08. The molecule has 1 aromatic heterocycles. The fraction of sp³-hybridized carbons (Fsp3) is 0.455. The van der Waals surface area contributed by atoms with Gasteiger partial charge in [0.2, 0.25) is 5.91 Å². The molecule has 0 spiro atoms. The maximum atomic E-state index is 11.8. The molecule has 0 aliphatic carbocycles. The molecule has 0 aliphatic rings. The summed E-state index contributed by atoms with van der Waals surface area (Å²) in [6, 6.07) is 3.26. The molecule has 0 radical (unpaired) electrons. The van der Waals surface area contributed by atoms with Crippen molar-refractivity contribution in [2.24, 2.45) is 0 Å². The van der Waals surface area contributed by atoms with Gasteiger partial charge in [-0.15, -0.1) is 0 Å². The number of anilines is 1. The van der Waals surface area contributed by atoms with E-state index < -0.39 is 10.8 Å². The third-order valence-corrected chi connectivity index (χ3v) is 3.42. The molecule has 7 heteroatoms. The number of rotatable bonds is 7. The lowest BCUT2D eigenvalue weighted by molar-refractivity contribution is -0.118. The largest absolute Gasteiger partial charge is 0.396 e. The van der Waals surface area contributed by atoms with Gasteiger partial charge in [-0.1, -0.05) is 0 Å². The van der Waals surface area contributed by atoms with Crippen LogP contribution in [-0.2, 0) is 20.3 Å². The van der Waals surface area contributed by atoms with Gasteiger partial charge in [0, 0.05) is 26.5 Å². The fourth-order valence-electron chi connectivity index (χ4n) is 1.28. The second-order valence-electron chi connectivity index (χ2n) is 3.58. The summed E-state index contributed by atoms with van der Waals surface area (Å²) in [5.41, 5.74) is 5.97. The number of carbonyl (C=O) groups excluding carboxylic acids is 1. The molecule has 3 N–H and O–H groups in total. The van der Waals surface area contributed by atoms with Crippen LogP contribution < -0.4 is 11.1 Å². The lowest BCUT2D eigenvalue weighted by atomic mass is 10.4. The van der Waals surface area contributed by atoms with Crippen molar-refractivity contribution in [1.82, 2.24) is 10.3 Å². The lowest BCUT2D eigenvalue weighted by Gasteiger charge is -2.06. The van der Waals surface area contributed by atoms with Gasteiger partial charge >= 0.3 is 0 Å². The molecule has 0 aliphatic heterocycles. The first-order valence-corrected chi connectivity index (χ1v) is 6.81. The van der Waals surface area contributed by atoms with Gasteiger partial charge in [-0.2, -0.15) is 0 Å². The average Bonchev–Trinajstić information content (AvgIpc) is 2.35. The van der Waals surface area contributed by atoms with Gasteiger partial charge in [0.1, 0.15) is 5.75 Å². The summed E-state index contributed by atoms with van der Waals surface area (Å²) in [5, 5.41) is 2.91. The SMILES string of the molecule is COCCCNC(=O)CS(=O)c1ncccc1N. The topological polar surface area (TPSA) is 94.3 Å². The van der Waals surface area contributed by atoms with E-state index in [1.54, 1.807) is 19.2 Å². The molecule has 100 valence electrons. The lowest BCUT2D eigenvalue weighted by Crippen LogP contribution is -2.30. The van der Waals surface area contributed by atoms with Gasteiger partial charge in [-0.25, -0.2) is 4.98 Å². The van der Waals surface area contributed by atoms with E-state index in [2.05, 4.69) is 10.3 Å². The van der Waals surface area contributed by atoms with Gasteiger partial charge in [-0.3, -0.25) is 9.00 Å². The van der Waals surface area contributed by atoms with E-state index in [0.29, 0.717) is 18.8 Å². The number of hydrogen-bond acceptors (Lipinski definition) is 5. The van der Waals surface area contributed by atoms with Crippen molar-refractivity contribution in [3.63, 3.8) is 0 Å². The standard InChI is InChI=1S/C11H17N3O3S/c1-17-7-3-6-13-10(15)8-18(16)11-9(12)4-2-5-14-11/h2,4-5H,3,6-8,12H2,1H3,(H,13,15). The van der Waals surface area contributed by atoms with Gasteiger partial charge in [-0.05, 0) is 18.6 Å². The van der Waals surface area contributed by atoms with Gasteiger partial charge in [0.25, 0.3) is 0 Å². The first-order chi connectivity index (χ1) is 8.65. The molecule has 1 rings (SSSR count). The van der Waals surface area contributed by atoms with Gasteiger partial charge in [0.15, 0.2) is 5.03 Å². The number of ether oxygens (including phenoxy) is 1. The normalized spacial score (nSPS) is 12.1. The highest BCUT2D eigenvalue weighted by Gasteiger charge is 2.13. The van der Waals surface area contributed by atoms with E-state index in [1.807, 2.05) is 0 Å². The van der Waals surface area contributed by atoms with Crippen LogP contribution in [0.5, 0.6) is 0 Å². The number of nitrogen functional groups attached to an aromatic ring is 1. The van der Waals surface area contributed by atoms with Crippen molar-refractivity contribution in [2.45, 2.75) is 11.4 Å². The fourth-order valence-corrected chi connectivity index (χ4v) is 2.26. The van der Waals surface area contributed by atoms with E-state index >= 15 is 0 Å². The van der Waals surface area contributed by atoms with Crippen LogP contribution in [0, 0.1) is 0 Å². The number of methoxy groups -OCH3 is 1. The maximum absolute atomic E-state index is 11.8. The molecule has 1 aromatic rings. The predicted octanol–water partition coefficient (Wildman–Crippen LogP) is -0.0759. The minimum Gasteiger partial charge on any atom is -0.396 e. The van der Waals surface area contributed by atoms with Crippen molar-refractivity contribution >= 4 is 22.4 Å². The van der Waals surface area contributed by atoms with Crippen LogP contribution in [0.4, 0.5) is 5.69 Å². The molecule has 1 amide bonds. The molecule has 0 saturated carbocycles. The molecule has 0 fully saturated rings. The van der Waals surface area contributed by atoms with E-state index in [0.717, 1.165) is 6.42 Å². The Kier molecular flexibility index (Phi) is 6.31. The molecule has 0 aromatic carbocycles. The van der Waals surface area contributed by atoms with Crippen LogP contribution in [-0.4, -0.2) is 41.1 Å². The molecule has 0 saturated heterocycles. The summed E-state index contributed by atoms with van der Waals surface area (Å²) < 4.78 is 16.7. The van der Waals surface area contributed by atoms with E-state index in [4.69, 9.17) is 10.5 Å². The summed E-state index contributed by atoms with van der Waals surface area (Å²) in [6.07, 6.45) is 2.22. The van der Waals surface area contributed by atoms with Crippen LogP contribution >= 0.6 is 0 Å². The predicted molar refractivity (Wildman–Crippen MR) is 69.4 cm³/mol. The molecule has 1 heterocycles. The Morgan fingerprint density at radius 1 is 1.61 bits per heavy atom. The van der Waals surface area contributed by atoms with Gasteiger partial charge < -0.3 is 15.8 Å². The zero-order valence-corrected chi connectivity index (χ0v) is 11.0. The Morgan fingerprint density at radius 3 is 3.06 bits per heavy atom. The third-order valence-electron chi connectivity index (χ3n) is 2.13. The number of nitrogens with two attached hydrogens (primary N) is 1. The Balaban J connectivity index is 2.41.